The van der Waals surface area contributed by atoms with Gasteiger partial charge in [0.25, 0.3) is 0 Å². The molecule has 0 heterocycles. The summed E-state index contributed by atoms with van der Waals surface area (Å²) in [6.45, 7) is 4.09. The smallest absolute Gasteiger partial charge is 0.411 e. The van der Waals surface area contributed by atoms with Crippen LogP contribution in [0.15, 0.2) is 48.5 Å². The van der Waals surface area contributed by atoms with Crippen LogP contribution >= 0.6 is 0 Å². The molecule has 1 aliphatic carbocycles. The summed E-state index contributed by atoms with van der Waals surface area (Å²) in [4.78, 5) is 26.3. The van der Waals surface area contributed by atoms with Crippen LogP contribution in [-0.2, 0) is 9.53 Å². The Labute approximate surface area is 159 Å². The van der Waals surface area contributed by atoms with E-state index >= 15 is 0 Å². The minimum atomic E-state index is -1.01. The molecule has 1 atom stereocenters. The van der Waals surface area contributed by atoms with Crippen LogP contribution in [0.4, 0.5) is 4.79 Å². The van der Waals surface area contributed by atoms with Crippen LogP contribution in [0.5, 0.6) is 0 Å². The van der Waals surface area contributed by atoms with Crippen molar-refractivity contribution in [3.63, 3.8) is 0 Å². The van der Waals surface area contributed by atoms with E-state index in [0.717, 1.165) is 22.3 Å². The van der Waals surface area contributed by atoms with Crippen LogP contribution < -0.4 is 0 Å². The highest BCUT2D eigenvalue weighted by atomic mass is 16.5. The van der Waals surface area contributed by atoms with Gasteiger partial charge in [-0.1, -0.05) is 62.4 Å². The first kappa shape index (κ1) is 19.0. The number of benzene rings is 2. The van der Waals surface area contributed by atoms with Crippen molar-refractivity contribution in [1.82, 2.24) is 4.90 Å². The molecule has 0 saturated carbocycles. The lowest BCUT2D eigenvalue weighted by Crippen LogP contribution is -2.47. The number of carboxylic acid groups (broad SMARTS) is 1. The van der Waals surface area contributed by atoms with Crippen molar-refractivity contribution < 1.29 is 19.4 Å². The van der Waals surface area contributed by atoms with E-state index in [4.69, 9.17) is 4.74 Å². The minimum absolute atomic E-state index is 0.342. The number of rotatable bonds is 6. The molecule has 3 rings (SSSR count). The molecular formula is C22H25NO4. The van der Waals surface area contributed by atoms with Gasteiger partial charge in [0.15, 0.2) is 0 Å². The van der Waals surface area contributed by atoms with E-state index in [9.17, 15) is 14.7 Å². The number of carbonyl (C=O) groups is 2. The lowest BCUT2D eigenvalue weighted by Gasteiger charge is -2.34. The normalized spacial score (nSPS) is 13.8. The molecule has 27 heavy (non-hydrogen) atoms. The summed E-state index contributed by atoms with van der Waals surface area (Å²) in [6.07, 6.45) is 0.464. The van der Waals surface area contributed by atoms with E-state index < -0.39 is 24.1 Å². The maximum Gasteiger partial charge on any atom is 0.411 e. The molecule has 0 bridgehead atoms. The molecule has 2 aromatic carbocycles. The molecular weight excluding hydrogens is 342 g/mol. The monoisotopic (exact) mass is 367 g/mol. The number of ether oxygens (including phenoxy) is 1. The Bertz CT molecular complexity index is 800. The van der Waals surface area contributed by atoms with Gasteiger partial charge in [-0.25, -0.2) is 9.59 Å². The molecule has 1 aliphatic rings. The van der Waals surface area contributed by atoms with Gasteiger partial charge in [0.05, 0.1) is 13.2 Å². The number of nitrogens with zero attached hydrogens (tertiary/aromatic N) is 1. The van der Waals surface area contributed by atoms with Crippen LogP contribution in [0.2, 0.25) is 0 Å². The highest BCUT2D eigenvalue weighted by Crippen LogP contribution is 2.47. The Morgan fingerprint density at radius 1 is 1.00 bits per heavy atom. The Morgan fingerprint density at radius 2 is 1.52 bits per heavy atom. The fourth-order valence-corrected chi connectivity index (χ4v) is 3.82. The van der Waals surface area contributed by atoms with Crippen molar-refractivity contribution >= 4 is 12.1 Å². The molecule has 5 heteroatoms. The van der Waals surface area contributed by atoms with Gasteiger partial charge in [0, 0.05) is 0 Å². The second-order valence-corrected chi connectivity index (χ2v) is 7.28. The Balaban J connectivity index is 2.12. The van der Waals surface area contributed by atoms with Crippen LogP contribution in [0.25, 0.3) is 11.1 Å². The molecule has 2 aromatic rings. The largest absolute Gasteiger partial charge is 0.480 e. The fraction of sp³-hybridized carbons (Fsp3) is 0.364. The third kappa shape index (κ3) is 3.54. The van der Waals surface area contributed by atoms with Crippen molar-refractivity contribution in [3.8, 4) is 11.1 Å². The zero-order valence-corrected chi connectivity index (χ0v) is 15.9. The van der Waals surface area contributed by atoms with Gasteiger partial charge in [-0.15, -0.1) is 0 Å². The summed E-state index contributed by atoms with van der Waals surface area (Å²) in [6, 6.07) is 14.2. The first-order valence-corrected chi connectivity index (χ1v) is 9.23. The SMILES string of the molecule is COC(=O)N(C1c2ccccc2-c2ccccc21)[C@@H](CCC(C)C)C(=O)O. The van der Waals surface area contributed by atoms with E-state index in [0.29, 0.717) is 18.8 Å². The summed E-state index contributed by atoms with van der Waals surface area (Å²) < 4.78 is 5.02. The van der Waals surface area contributed by atoms with Crippen LogP contribution in [-0.4, -0.2) is 35.2 Å². The zero-order chi connectivity index (χ0) is 19.6. The Kier molecular flexibility index (Phi) is 5.49. The van der Waals surface area contributed by atoms with Crippen LogP contribution in [0.1, 0.15) is 43.9 Å². The average Bonchev–Trinajstić information content (AvgIpc) is 2.98. The predicted molar refractivity (Wildman–Crippen MR) is 103 cm³/mol. The molecule has 0 unspecified atom stereocenters. The fourth-order valence-electron chi connectivity index (χ4n) is 3.82. The van der Waals surface area contributed by atoms with E-state index in [1.54, 1.807) is 0 Å². The first-order valence-electron chi connectivity index (χ1n) is 9.23. The average molecular weight is 367 g/mol. The number of hydrogen-bond donors (Lipinski definition) is 1. The lowest BCUT2D eigenvalue weighted by molar-refractivity contribution is -0.143. The topological polar surface area (TPSA) is 66.8 Å². The number of carboxylic acids is 1. The second-order valence-electron chi connectivity index (χ2n) is 7.28. The first-order chi connectivity index (χ1) is 13.0. The molecule has 0 spiro atoms. The number of hydrogen-bond acceptors (Lipinski definition) is 3. The molecule has 0 aliphatic heterocycles. The highest BCUT2D eigenvalue weighted by molar-refractivity contribution is 5.85. The Morgan fingerprint density at radius 3 is 1.96 bits per heavy atom. The molecule has 1 N–H and O–H groups in total. The summed E-state index contributed by atoms with van der Waals surface area (Å²) in [7, 11) is 1.30. The number of fused-ring (bicyclic) bond motifs is 3. The summed E-state index contributed by atoms with van der Waals surface area (Å²) in [5.74, 6) is -0.669. The third-order valence-electron chi connectivity index (χ3n) is 5.10. The summed E-state index contributed by atoms with van der Waals surface area (Å²) in [5.41, 5.74) is 3.92. The van der Waals surface area contributed by atoms with Gasteiger partial charge in [-0.3, -0.25) is 4.90 Å². The van der Waals surface area contributed by atoms with Crippen molar-refractivity contribution in [3.05, 3.63) is 59.7 Å². The van der Waals surface area contributed by atoms with Gasteiger partial charge in [-0.2, -0.15) is 0 Å². The lowest BCUT2D eigenvalue weighted by atomic mass is 9.97. The molecule has 5 nitrogen and oxygen atoms in total. The van der Waals surface area contributed by atoms with Gasteiger partial charge in [0.2, 0.25) is 0 Å². The van der Waals surface area contributed by atoms with Crippen LogP contribution in [0.3, 0.4) is 0 Å². The van der Waals surface area contributed by atoms with Crippen LogP contribution in [0, 0.1) is 5.92 Å². The Hall–Kier alpha value is -2.82. The van der Waals surface area contributed by atoms with Gasteiger partial charge < -0.3 is 9.84 Å². The van der Waals surface area contributed by atoms with Crippen molar-refractivity contribution in [2.24, 2.45) is 5.92 Å². The van der Waals surface area contributed by atoms with Crippen molar-refractivity contribution in [2.45, 2.75) is 38.8 Å². The molecule has 142 valence electrons. The van der Waals surface area contributed by atoms with E-state index in [2.05, 4.69) is 0 Å². The zero-order valence-electron chi connectivity index (χ0n) is 15.9. The molecule has 0 saturated heterocycles. The molecule has 0 aromatic heterocycles. The maximum atomic E-state index is 12.7. The standard InChI is InChI=1S/C22H25NO4/c1-14(2)12-13-19(21(24)25)23(22(26)27-3)20-17-10-6-4-8-15(17)16-9-5-7-11-18(16)20/h4-11,14,19-20H,12-13H2,1-3H3,(H,24,25)/t19-/m0/s1. The molecule has 0 radical (unpaired) electrons. The van der Waals surface area contributed by atoms with Gasteiger partial charge in [-0.05, 0) is 41.0 Å². The number of aliphatic carboxylic acids is 1. The van der Waals surface area contributed by atoms with Crippen molar-refractivity contribution in [1.29, 1.82) is 0 Å². The third-order valence-corrected chi connectivity index (χ3v) is 5.10. The number of amides is 1. The quantitative estimate of drug-likeness (QED) is 0.803. The second kappa shape index (κ2) is 7.82. The molecule has 0 fully saturated rings. The predicted octanol–water partition coefficient (Wildman–Crippen LogP) is 4.71. The van der Waals surface area contributed by atoms with Gasteiger partial charge in [0.1, 0.15) is 6.04 Å². The van der Waals surface area contributed by atoms with E-state index in [1.165, 1.54) is 12.0 Å². The minimum Gasteiger partial charge on any atom is -0.480 e. The van der Waals surface area contributed by atoms with E-state index in [1.807, 2.05) is 62.4 Å². The summed E-state index contributed by atoms with van der Waals surface area (Å²) >= 11 is 0. The summed E-state index contributed by atoms with van der Waals surface area (Å²) in [5, 5.41) is 9.91. The maximum absolute atomic E-state index is 12.7. The van der Waals surface area contributed by atoms with Gasteiger partial charge >= 0.3 is 12.1 Å². The number of methoxy groups -OCH3 is 1. The molecule has 1 amide bonds. The van der Waals surface area contributed by atoms with Crippen molar-refractivity contribution in [2.75, 3.05) is 7.11 Å². The highest BCUT2D eigenvalue weighted by Gasteiger charge is 2.41. The number of carbonyl (C=O) groups excluding carboxylic acids is 1. The van der Waals surface area contributed by atoms with E-state index in [-0.39, 0.29) is 0 Å².